The summed E-state index contributed by atoms with van der Waals surface area (Å²) in [5.74, 6) is -1.67. The van der Waals surface area contributed by atoms with Crippen molar-refractivity contribution in [3.8, 4) is 0 Å². The molecule has 7 nitrogen and oxygen atoms in total. The van der Waals surface area contributed by atoms with Crippen LogP contribution in [0.1, 0.15) is 0 Å². The van der Waals surface area contributed by atoms with Crippen LogP contribution in [0.25, 0.3) is 0 Å². The molecule has 0 aliphatic carbocycles. The largest absolute Gasteiger partial charge is 0.357 e. The molecule has 1 aromatic heterocycles. The van der Waals surface area contributed by atoms with Crippen LogP contribution >= 0.6 is 0 Å². The van der Waals surface area contributed by atoms with Gasteiger partial charge in [0.15, 0.2) is 11.9 Å². The average Bonchev–Trinajstić information content (AvgIpc) is 3.32. The zero-order valence-electron chi connectivity index (χ0n) is 12.1. The molecule has 3 fully saturated rings. The van der Waals surface area contributed by atoms with Gasteiger partial charge in [0.2, 0.25) is 11.8 Å². The van der Waals surface area contributed by atoms with E-state index in [1.807, 2.05) is 12.2 Å². The molecule has 5 heterocycles. The Morgan fingerprint density at radius 3 is 2.78 bits per heavy atom. The van der Waals surface area contributed by atoms with E-state index < -0.39 is 29.8 Å². The molecule has 0 radical (unpaired) electrons. The lowest BCUT2D eigenvalue weighted by atomic mass is 9.76. The molecule has 7 heteroatoms. The predicted octanol–water partition coefficient (Wildman–Crippen LogP) is 0.267. The number of imide groups is 1. The highest BCUT2D eigenvalue weighted by Crippen LogP contribution is 2.54. The molecule has 5 rings (SSSR count). The van der Waals surface area contributed by atoms with E-state index >= 15 is 0 Å². The third-order valence-electron chi connectivity index (χ3n) is 4.97. The molecule has 0 aromatic carbocycles. The molecule has 4 aliphatic rings. The number of nitrogens with zero attached hydrogens (tertiary/aromatic N) is 2. The molecule has 0 N–H and O–H groups in total. The molecular formula is C16H14N2O5. The molecule has 2 amide bonds. The lowest BCUT2D eigenvalue weighted by Crippen LogP contribution is -2.49. The second-order valence-corrected chi connectivity index (χ2v) is 6.10. The van der Waals surface area contributed by atoms with Crippen molar-refractivity contribution in [1.29, 1.82) is 0 Å². The summed E-state index contributed by atoms with van der Waals surface area (Å²) in [4.78, 5) is 31.0. The number of fused-ring (bicyclic) bond motifs is 5. The monoisotopic (exact) mass is 314 g/mol. The number of aromatic nitrogens is 1. The summed E-state index contributed by atoms with van der Waals surface area (Å²) >= 11 is 0. The van der Waals surface area contributed by atoms with Crippen molar-refractivity contribution >= 4 is 17.5 Å². The number of carbonyl (C=O) groups is 2. The fourth-order valence-corrected chi connectivity index (χ4v) is 4.07. The maximum Gasteiger partial charge on any atom is 0.241 e. The Morgan fingerprint density at radius 1 is 1.22 bits per heavy atom. The number of amides is 2. The van der Waals surface area contributed by atoms with Gasteiger partial charge in [-0.3, -0.25) is 14.6 Å². The first-order valence-electron chi connectivity index (χ1n) is 7.60. The number of pyridine rings is 1. The van der Waals surface area contributed by atoms with E-state index in [0.29, 0.717) is 18.9 Å². The lowest BCUT2D eigenvalue weighted by Gasteiger charge is -2.32. The van der Waals surface area contributed by atoms with E-state index in [4.69, 9.17) is 14.2 Å². The summed E-state index contributed by atoms with van der Waals surface area (Å²) < 4.78 is 17.2. The van der Waals surface area contributed by atoms with Crippen molar-refractivity contribution in [2.75, 3.05) is 18.1 Å². The van der Waals surface area contributed by atoms with Crippen molar-refractivity contribution < 1.29 is 23.8 Å². The van der Waals surface area contributed by atoms with E-state index in [1.165, 1.54) is 11.1 Å². The Labute approximate surface area is 131 Å². The Morgan fingerprint density at radius 2 is 2.04 bits per heavy atom. The SMILES string of the molecule is O=C1C2C3C=CC(C4OCCO4)(O3)C2C(=O)N1c1cccnc1. The Kier molecular flexibility index (Phi) is 2.60. The van der Waals surface area contributed by atoms with E-state index in [-0.39, 0.29) is 11.8 Å². The zero-order valence-corrected chi connectivity index (χ0v) is 12.1. The normalized spacial score (nSPS) is 38.8. The van der Waals surface area contributed by atoms with Gasteiger partial charge in [-0.25, -0.2) is 4.90 Å². The van der Waals surface area contributed by atoms with Crippen LogP contribution in [0.15, 0.2) is 36.7 Å². The summed E-state index contributed by atoms with van der Waals surface area (Å²) in [7, 11) is 0. The van der Waals surface area contributed by atoms with Crippen molar-refractivity contribution in [1.82, 2.24) is 4.98 Å². The third kappa shape index (κ3) is 1.56. The molecular weight excluding hydrogens is 300 g/mol. The van der Waals surface area contributed by atoms with Crippen LogP contribution in [0, 0.1) is 11.8 Å². The highest BCUT2D eigenvalue weighted by Gasteiger charge is 2.71. The van der Waals surface area contributed by atoms with Crippen LogP contribution in [-0.2, 0) is 23.8 Å². The number of ether oxygens (including phenoxy) is 3. The smallest absolute Gasteiger partial charge is 0.241 e. The van der Waals surface area contributed by atoms with E-state index in [2.05, 4.69) is 4.98 Å². The quantitative estimate of drug-likeness (QED) is 0.576. The van der Waals surface area contributed by atoms with Gasteiger partial charge in [0.1, 0.15) is 0 Å². The molecule has 1 aromatic rings. The van der Waals surface area contributed by atoms with Gasteiger partial charge in [-0.05, 0) is 18.2 Å². The highest BCUT2D eigenvalue weighted by molar-refractivity contribution is 6.23. The minimum atomic E-state index is -1.00. The third-order valence-corrected chi connectivity index (χ3v) is 4.97. The van der Waals surface area contributed by atoms with Crippen LogP contribution in [-0.4, -0.2) is 48.0 Å². The maximum atomic E-state index is 13.0. The summed E-state index contributed by atoms with van der Waals surface area (Å²) in [6, 6.07) is 3.40. The van der Waals surface area contributed by atoms with Gasteiger partial charge in [-0.15, -0.1) is 0 Å². The van der Waals surface area contributed by atoms with Gasteiger partial charge >= 0.3 is 0 Å². The summed E-state index contributed by atoms with van der Waals surface area (Å²) in [6.45, 7) is 0.917. The van der Waals surface area contributed by atoms with Crippen molar-refractivity contribution in [2.45, 2.75) is 18.0 Å². The van der Waals surface area contributed by atoms with E-state index in [9.17, 15) is 9.59 Å². The first kappa shape index (κ1) is 13.4. The number of anilines is 1. The first-order chi connectivity index (χ1) is 11.2. The number of carbonyl (C=O) groups excluding carboxylic acids is 2. The summed E-state index contributed by atoms with van der Waals surface area (Å²) in [6.07, 6.45) is 5.72. The van der Waals surface area contributed by atoms with Crippen molar-refractivity contribution in [3.63, 3.8) is 0 Å². The van der Waals surface area contributed by atoms with Gasteiger partial charge in [0.05, 0.1) is 43.0 Å². The van der Waals surface area contributed by atoms with Crippen LogP contribution in [0.4, 0.5) is 5.69 Å². The molecule has 2 bridgehead atoms. The highest BCUT2D eigenvalue weighted by atomic mass is 16.7. The summed E-state index contributed by atoms with van der Waals surface area (Å²) in [5.41, 5.74) is -0.519. The number of hydrogen-bond acceptors (Lipinski definition) is 6. The molecule has 3 saturated heterocycles. The van der Waals surface area contributed by atoms with Gasteiger partial charge in [-0.1, -0.05) is 6.08 Å². The minimum Gasteiger partial charge on any atom is -0.357 e. The molecule has 0 spiro atoms. The molecule has 4 atom stereocenters. The van der Waals surface area contributed by atoms with Crippen molar-refractivity contribution in [3.05, 3.63) is 36.7 Å². The molecule has 23 heavy (non-hydrogen) atoms. The first-order valence-corrected chi connectivity index (χ1v) is 7.60. The Balaban J connectivity index is 1.58. The topological polar surface area (TPSA) is 78.0 Å². The van der Waals surface area contributed by atoms with Gasteiger partial charge in [-0.2, -0.15) is 0 Å². The van der Waals surface area contributed by atoms with Gasteiger partial charge in [0.25, 0.3) is 0 Å². The number of hydrogen-bond donors (Lipinski definition) is 0. The second-order valence-electron chi connectivity index (χ2n) is 6.10. The van der Waals surface area contributed by atoms with E-state index in [0.717, 1.165) is 0 Å². The Hall–Kier alpha value is -2.09. The van der Waals surface area contributed by atoms with Gasteiger partial charge in [0, 0.05) is 6.20 Å². The van der Waals surface area contributed by atoms with Gasteiger partial charge < -0.3 is 14.2 Å². The standard InChI is InChI=1S/C16H14N2O5/c19-13-11-10-3-4-16(23-10,15-21-6-7-22-15)12(11)14(20)18(13)9-2-1-5-17-8-9/h1-5,8,10-12,15H,6-7H2. The zero-order chi connectivity index (χ0) is 15.6. The fraction of sp³-hybridized carbons (Fsp3) is 0.438. The lowest BCUT2D eigenvalue weighted by molar-refractivity contribution is -0.180. The predicted molar refractivity (Wildman–Crippen MR) is 76.1 cm³/mol. The summed E-state index contributed by atoms with van der Waals surface area (Å²) in [5, 5.41) is 0. The van der Waals surface area contributed by atoms with Crippen LogP contribution in [0.2, 0.25) is 0 Å². The molecule has 4 aliphatic heterocycles. The number of rotatable bonds is 2. The van der Waals surface area contributed by atoms with Crippen LogP contribution in [0.5, 0.6) is 0 Å². The van der Waals surface area contributed by atoms with Crippen LogP contribution < -0.4 is 4.90 Å². The van der Waals surface area contributed by atoms with Crippen LogP contribution in [0.3, 0.4) is 0 Å². The fourth-order valence-electron chi connectivity index (χ4n) is 4.07. The van der Waals surface area contributed by atoms with Crippen molar-refractivity contribution in [2.24, 2.45) is 11.8 Å². The van der Waals surface area contributed by atoms with E-state index in [1.54, 1.807) is 18.3 Å². The average molecular weight is 314 g/mol. The maximum absolute atomic E-state index is 13.0. The molecule has 0 saturated carbocycles. The molecule has 118 valence electrons. The minimum absolute atomic E-state index is 0.248. The Bertz CT molecular complexity index is 714. The molecule has 4 unspecified atom stereocenters. The second kappa shape index (κ2) is 4.47.